The Kier molecular flexibility index (Phi) is 2.21. The van der Waals surface area contributed by atoms with Crippen LogP contribution in [0.25, 0.3) is 0 Å². The number of sulfone groups is 1. The number of ether oxygens (including phenoxy) is 1. The maximum Gasteiger partial charge on any atom is 0.292 e. The van der Waals surface area contributed by atoms with Gasteiger partial charge in [0.2, 0.25) is 0 Å². The molecule has 0 spiro atoms. The molecule has 0 aromatic rings. The number of hydrogen-bond acceptors (Lipinski definition) is 3. The first-order valence-electron chi connectivity index (χ1n) is 3.25. The molecule has 1 fully saturated rings. The van der Waals surface area contributed by atoms with Crippen LogP contribution in [0.3, 0.4) is 0 Å². The molecule has 0 N–H and O–H groups in total. The van der Waals surface area contributed by atoms with Crippen molar-refractivity contribution in [3.63, 3.8) is 0 Å². The molecule has 1 rings (SSSR count). The number of hydrogen-bond donors (Lipinski definition) is 0. The first-order valence-corrected chi connectivity index (χ1v) is 4.97. The summed E-state index contributed by atoms with van der Waals surface area (Å²) in [7, 11) is -3.06. The van der Waals surface area contributed by atoms with Crippen molar-refractivity contribution in [3.8, 4) is 0 Å². The van der Waals surface area contributed by atoms with Crippen molar-refractivity contribution >= 4 is 9.84 Å². The van der Waals surface area contributed by atoms with Gasteiger partial charge in [-0.05, 0) is 12.8 Å². The largest absolute Gasteiger partial charge is 0.381 e. The molecule has 10 heavy (non-hydrogen) atoms. The summed E-state index contributed by atoms with van der Waals surface area (Å²) in [6.07, 6.45) is 4.32. The average molecular weight is 163 g/mol. The quantitative estimate of drug-likeness (QED) is 0.525. The molecule has 4 heteroatoms. The molecular weight excluding hydrogens is 152 g/mol. The van der Waals surface area contributed by atoms with Gasteiger partial charge in [-0.25, -0.2) is 0 Å². The third kappa shape index (κ3) is 1.88. The molecule has 1 aliphatic heterocycles. The predicted octanol–water partition coefficient (Wildman–Crippen LogP) is 0.372. The molecule has 0 aliphatic carbocycles. The fraction of sp³-hybridized carbons (Fsp3) is 0.833. The fourth-order valence-corrected chi connectivity index (χ4v) is 1.95. The van der Waals surface area contributed by atoms with Crippen LogP contribution in [-0.2, 0) is 14.6 Å². The summed E-state index contributed by atoms with van der Waals surface area (Å²) in [5, 5.41) is -0.263. The molecule has 1 saturated heterocycles. The molecule has 1 heterocycles. The Balaban J connectivity index is 2.56. The first-order chi connectivity index (χ1) is 4.61. The molecule has 58 valence electrons. The van der Waals surface area contributed by atoms with Gasteiger partial charge in [0.1, 0.15) is 5.25 Å². The minimum Gasteiger partial charge on any atom is -0.381 e. The lowest BCUT2D eigenvalue weighted by Gasteiger charge is -2.16. The van der Waals surface area contributed by atoms with E-state index in [4.69, 9.17) is 4.74 Å². The van der Waals surface area contributed by atoms with E-state index in [0.29, 0.717) is 26.1 Å². The topological polar surface area (TPSA) is 43.4 Å². The van der Waals surface area contributed by atoms with Crippen LogP contribution in [0.4, 0.5) is 0 Å². The molecule has 0 bridgehead atoms. The van der Waals surface area contributed by atoms with E-state index >= 15 is 0 Å². The molecule has 0 amide bonds. The zero-order chi connectivity index (χ0) is 7.61. The van der Waals surface area contributed by atoms with E-state index in [0.717, 1.165) is 0 Å². The summed E-state index contributed by atoms with van der Waals surface area (Å²) in [4.78, 5) is 0. The maximum atomic E-state index is 10.8. The summed E-state index contributed by atoms with van der Waals surface area (Å²) >= 11 is 0. The van der Waals surface area contributed by atoms with Gasteiger partial charge < -0.3 is 4.74 Å². The van der Waals surface area contributed by atoms with Crippen molar-refractivity contribution in [2.24, 2.45) is 0 Å². The standard InChI is InChI=1S/C6H11O3S/c1-10(7,8)6-2-4-9-5-3-6/h6H,1-5H2/q+1. The van der Waals surface area contributed by atoms with Gasteiger partial charge in [-0.2, -0.15) is 8.42 Å². The van der Waals surface area contributed by atoms with Crippen molar-refractivity contribution in [1.29, 1.82) is 0 Å². The van der Waals surface area contributed by atoms with E-state index in [9.17, 15) is 8.42 Å². The van der Waals surface area contributed by atoms with Gasteiger partial charge in [0.15, 0.2) is 6.26 Å². The van der Waals surface area contributed by atoms with Gasteiger partial charge in [0.25, 0.3) is 9.84 Å². The van der Waals surface area contributed by atoms with Crippen molar-refractivity contribution < 1.29 is 13.2 Å². The van der Waals surface area contributed by atoms with Crippen LogP contribution in [0, 0.1) is 6.26 Å². The second kappa shape index (κ2) is 2.80. The predicted molar refractivity (Wildman–Crippen MR) is 38.1 cm³/mol. The summed E-state index contributed by atoms with van der Waals surface area (Å²) in [5.74, 6) is 0. The molecule has 0 radical (unpaired) electrons. The second-order valence-corrected chi connectivity index (χ2v) is 4.47. The van der Waals surface area contributed by atoms with E-state index in [1.165, 1.54) is 0 Å². The molecule has 0 aromatic heterocycles. The Bertz CT molecular complexity index is 189. The highest BCUT2D eigenvalue weighted by molar-refractivity contribution is 7.93. The van der Waals surface area contributed by atoms with Crippen LogP contribution >= 0.6 is 0 Å². The van der Waals surface area contributed by atoms with Crippen LogP contribution in [0.15, 0.2) is 0 Å². The molecular formula is C6H11O3S+. The monoisotopic (exact) mass is 163 g/mol. The zero-order valence-electron chi connectivity index (χ0n) is 5.75. The zero-order valence-corrected chi connectivity index (χ0v) is 6.56. The molecule has 0 atom stereocenters. The fourth-order valence-electron chi connectivity index (χ4n) is 1.04. The van der Waals surface area contributed by atoms with E-state index in [-0.39, 0.29) is 5.25 Å². The summed E-state index contributed by atoms with van der Waals surface area (Å²) < 4.78 is 26.6. The van der Waals surface area contributed by atoms with Gasteiger partial charge in [-0.1, -0.05) is 0 Å². The minimum absolute atomic E-state index is 0.263. The third-order valence-corrected chi connectivity index (χ3v) is 3.16. The second-order valence-electron chi connectivity index (χ2n) is 2.47. The van der Waals surface area contributed by atoms with Crippen LogP contribution in [-0.4, -0.2) is 26.9 Å². The highest BCUT2D eigenvalue weighted by Crippen LogP contribution is 2.14. The third-order valence-electron chi connectivity index (χ3n) is 1.68. The Labute approximate surface area is 61.3 Å². The lowest BCUT2D eigenvalue weighted by Crippen LogP contribution is -2.26. The molecule has 3 nitrogen and oxygen atoms in total. The lowest BCUT2D eigenvalue weighted by molar-refractivity contribution is 0.0985. The highest BCUT2D eigenvalue weighted by Gasteiger charge is 2.28. The highest BCUT2D eigenvalue weighted by atomic mass is 32.2. The SMILES string of the molecule is [CH2+]S(=O)(=O)C1CCOCC1. The Morgan fingerprint density at radius 3 is 2.10 bits per heavy atom. The van der Waals surface area contributed by atoms with E-state index in [1.54, 1.807) is 0 Å². The maximum absolute atomic E-state index is 10.8. The summed E-state index contributed by atoms with van der Waals surface area (Å²) in [5.41, 5.74) is 0. The Morgan fingerprint density at radius 2 is 1.80 bits per heavy atom. The van der Waals surface area contributed by atoms with Gasteiger partial charge >= 0.3 is 0 Å². The summed E-state index contributed by atoms with van der Waals surface area (Å²) in [6.45, 7) is 1.11. The normalized spacial score (nSPS) is 22.8. The van der Waals surface area contributed by atoms with Crippen molar-refractivity contribution in [2.45, 2.75) is 18.1 Å². The van der Waals surface area contributed by atoms with Gasteiger partial charge in [0.05, 0.1) is 0 Å². The van der Waals surface area contributed by atoms with E-state index < -0.39 is 9.84 Å². The average Bonchev–Trinajstić information content (AvgIpc) is 1.88. The van der Waals surface area contributed by atoms with Crippen molar-refractivity contribution in [3.05, 3.63) is 6.26 Å². The van der Waals surface area contributed by atoms with E-state index in [1.807, 2.05) is 0 Å². The Hall–Kier alpha value is -0.220. The first kappa shape index (κ1) is 7.88. The number of rotatable bonds is 1. The van der Waals surface area contributed by atoms with Crippen LogP contribution in [0.5, 0.6) is 0 Å². The minimum atomic E-state index is -3.06. The molecule has 0 unspecified atom stereocenters. The van der Waals surface area contributed by atoms with Gasteiger partial charge in [-0.15, -0.1) is 0 Å². The van der Waals surface area contributed by atoms with Crippen molar-refractivity contribution in [1.82, 2.24) is 0 Å². The van der Waals surface area contributed by atoms with Crippen LogP contribution in [0.1, 0.15) is 12.8 Å². The molecule has 1 aliphatic rings. The summed E-state index contributed by atoms with van der Waals surface area (Å²) in [6, 6.07) is 0. The van der Waals surface area contributed by atoms with Crippen LogP contribution < -0.4 is 0 Å². The molecule has 0 aromatic carbocycles. The van der Waals surface area contributed by atoms with Crippen LogP contribution in [0.2, 0.25) is 0 Å². The lowest BCUT2D eigenvalue weighted by atomic mass is 10.2. The molecule has 0 saturated carbocycles. The van der Waals surface area contributed by atoms with Gasteiger partial charge in [-0.3, -0.25) is 0 Å². The van der Waals surface area contributed by atoms with Gasteiger partial charge in [0, 0.05) is 13.2 Å². The smallest absolute Gasteiger partial charge is 0.292 e. The van der Waals surface area contributed by atoms with Crippen molar-refractivity contribution in [2.75, 3.05) is 13.2 Å². The Morgan fingerprint density at radius 1 is 1.30 bits per heavy atom. The van der Waals surface area contributed by atoms with E-state index in [2.05, 4.69) is 6.26 Å².